The van der Waals surface area contributed by atoms with E-state index in [1.165, 1.54) is 0 Å². The number of hydrogen-bond donors (Lipinski definition) is 1. The topological polar surface area (TPSA) is 55.6 Å². The zero-order valence-electron chi connectivity index (χ0n) is 17.0. The summed E-state index contributed by atoms with van der Waals surface area (Å²) in [7, 11) is 1.65. The van der Waals surface area contributed by atoms with E-state index in [0.717, 1.165) is 40.1 Å². The highest BCUT2D eigenvalue weighted by Crippen LogP contribution is 2.43. The quantitative estimate of drug-likeness (QED) is 0.745. The minimum absolute atomic E-state index is 0.00250. The van der Waals surface area contributed by atoms with E-state index < -0.39 is 0 Å². The number of nitrogens with zero attached hydrogens (tertiary/aromatic N) is 1. The molecular weight excluding hydrogens is 336 g/mol. The highest BCUT2D eigenvalue weighted by molar-refractivity contribution is 6.01. The van der Waals surface area contributed by atoms with Crippen LogP contribution >= 0.6 is 0 Å². The van der Waals surface area contributed by atoms with Gasteiger partial charge >= 0.3 is 0 Å². The first kappa shape index (κ1) is 19.3. The van der Waals surface area contributed by atoms with Crippen LogP contribution in [0.15, 0.2) is 36.4 Å². The highest BCUT2D eigenvalue weighted by Gasteiger charge is 2.40. The van der Waals surface area contributed by atoms with Crippen molar-refractivity contribution in [2.24, 2.45) is 11.8 Å². The number of fused-ring (bicyclic) bond motifs is 1. The van der Waals surface area contributed by atoms with Gasteiger partial charge in [-0.1, -0.05) is 39.8 Å². The number of amides is 1. The number of ether oxygens (including phenoxy) is 1. The average Bonchev–Trinajstić information content (AvgIpc) is 2.88. The van der Waals surface area contributed by atoms with Crippen molar-refractivity contribution in [2.45, 2.75) is 46.7 Å². The molecule has 2 N–H and O–H groups in total. The van der Waals surface area contributed by atoms with Gasteiger partial charge in [0.15, 0.2) is 0 Å². The minimum Gasteiger partial charge on any atom is -0.497 e. The summed E-state index contributed by atoms with van der Waals surface area (Å²) in [4.78, 5) is 15.2. The lowest BCUT2D eigenvalue weighted by Gasteiger charge is -2.29. The minimum atomic E-state index is 0.00250. The van der Waals surface area contributed by atoms with Crippen LogP contribution in [0.1, 0.15) is 60.8 Å². The van der Waals surface area contributed by atoms with Gasteiger partial charge in [-0.3, -0.25) is 4.79 Å². The molecule has 1 amide bonds. The maximum atomic E-state index is 13.3. The molecule has 0 aromatic heterocycles. The molecule has 1 atom stereocenters. The zero-order valence-corrected chi connectivity index (χ0v) is 17.0. The predicted molar refractivity (Wildman–Crippen MR) is 110 cm³/mol. The molecule has 4 heteroatoms. The van der Waals surface area contributed by atoms with Crippen LogP contribution in [-0.2, 0) is 13.0 Å². The molecule has 1 aliphatic rings. The average molecular weight is 367 g/mol. The van der Waals surface area contributed by atoms with Gasteiger partial charge in [0.25, 0.3) is 5.91 Å². The van der Waals surface area contributed by atoms with E-state index >= 15 is 0 Å². The number of methoxy groups -OCH3 is 1. The van der Waals surface area contributed by atoms with Crippen molar-refractivity contribution < 1.29 is 9.53 Å². The largest absolute Gasteiger partial charge is 0.497 e. The number of rotatable bonds is 6. The maximum absolute atomic E-state index is 13.3. The first-order valence-electron chi connectivity index (χ1n) is 9.68. The summed E-state index contributed by atoms with van der Waals surface area (Å²) < 4.78 is 5.23. The van der Waals surface area contributed by atoms with Crippen LogP contribution in [0.4, 0.5) is 5.69 Å². The monoisotopic (exact) mass is 366 g/mol. The lowest BCUT2D eigenvalue weighted by molar-refractivity contribution is 0.0665. The van der Waals surface area contributed by atoms with Crippen LogP contribution in [-0.4, -0.2) is 17.9 Å². The van der Waals surface area contributed by atoms with Crippen LogP contribution in [0.2, 0.25) is 0 Å². The molecule has 0 radical (unpaired) electrons. The second kappa shape index (κ2) is 7.63. The van der Waals surface area contributed by atoms with Gasteiger partial charge in [0.1, 0.15) is 5.75 Å². The predicted octanol–water partition coefficient (Wildman–Crippen LogP) is 4.83. The van der Waals surface area contributed by atoms with Crippen molar-refractivity contribution in [1.29, 1.82) is 0 Å². The number of nitrogen functional groups attached to an aromatic ring is 1. The fourth-order valence-electron chi connectivity index (χ4n) is 4.06. The number of benzene rings is 2. The SMILES string of the molecule is COc1ccc(CN2C(=O)c3cc(CC(C)C)cc(N)c3C2C(C)C)cc1. The van der Waals surface area contributed by atoms with Gasteiger partial charge in [-0.2, -0.15) is 0 Å². The summed E-state index contributed by atoms with van der Waals surface area (Å²) in [6, 6.07) is 12.0. The number of hydrogen-bond acceptors (Lipinski definition) is 3. The van der Waals surface area contributed by atoms with Crippen LogP contribution in [0.5, 0.6) is 5.75 Å². The van der Waals surface area contributed by atoms with E-state index in [0.29, 0.717) is 12.5 Å². The van der Waals surface area contributed by atoms with E-state index in [9.17, 15) is 4.79 Å². The molecule has 1 aliphatic heterocycles. The normalized spacial score (nSPS) is 16.3. The zero-order chi connectivity index (χ0) is 19.7. The molecule has 1 unspecified atom stereocenters. The van der Waals surface area contributed by atoms with Crippen LogP contribution in [0, 0.1) is 11.8 Å². The Hall–Kier alpha value is -2.49. The Morgan fingerprint density at radius 1 is 1.07 bits per heavy atom. The summed E-state index contributed by atoms with van der Waals surface area (Å²) in [5.41, 5.74) is 11.2. The second-order valence-electron chi connectivity index (χ2n) is 8.21. The smallest absolute Gasteiger partial charge is 0.255 e. The fourth-order valence-corrected chi connectivity index (χ4v) is 4.06. The molecule has 0 aliphatic carbocycles. The molecular formula is C23H30N2O2. The second-order valence-corrected chi connectivity index (χ2v) is 8.21. The first-order chi connectivity index (χ1) is 12.8. The van der Waals surface area contributed by atoms with Gasteiger partial charge in [-0.05, 0) is 53.6 Å². The van der Waals surface area contributed by atoms with E-state index in [2.05, 4.69) is 39.8 Å². The molecule has 3 rings (SSSR count). The van der Waals surface area contributed by atoms with Crippen LogP contribution < -0.4 is 10.5 Å². The molecule has 0 saturated carbocycles. The van der Waals surface area contributed by atoms with Crippen molar-refractivity contribution in [3.8, 4) is 5.75 Å². The molecule has 0 bridgehead atoms. The Bertz CT molecular complexity index is 825. The van der Waals surface area contributed by atoms with Crippen LogP contribution in [0.25, 0.3) is 0 Å². The summed E-state index contributed by atoms with van der Waals surface area (Å²) in [6.07, 6.45) is 0.926. The Balaban J connectivity index is 1.97. The molecule has 2 aromatic rings. The van der Waals surface area contributed by atoms with Gasteiger partial charge in [0.05, 0.1) is 13.2 Å². The Morgan fingerprint density at radius 2 is 1.74 bits per heavy atom. The van der Waals surface area contributed by atoms with Gasteiger partial charge in [0.2, 0.25) is 0 Å². The van der Waals surface area contributed by atoms with Crippen molar-refractivity contribution in [3.63, 3.8) is 0 Å². The van der Waals surface area contributed by atoms with Crippen molar-refractivity contribution >= 4 is 11.6 Å². The Morgan fingerprint density at radius 3 is 2.30 bits per heavy atom. The van der Waals surface area contributed by atoms with Gasteiger partial charge in [-0.25, -0.2) is 0 Å². The van der Waals surface area contributed by atoms with Gasteiger partial charge < -0.3 is 15.4 Å². The molecule has 27 heavy (non-hydrogen) atoms. The molecule has 144 valence electrons. The maximum Gasteiger partial charge on any atom is 0.255 e. The summed E-state index contributed by atoms with van der Waals surface area (Å²) in [5, 5.41) is 0. The number of anilines is 1. The number of carbonyl (C=O) groups is 1. The number of nitrogens with two attached hydrogens (primary N) is 1. The Kier molecular flexibility index (Phi) is 5.45. The molecule has 1 heterocycles. The first-order valence-corrected chi connectivity index (χ1v) is 9.68. The van der Waals surface area contributed by atoms with Gasteiger partial charge in [0, 0.05) is 23.4 Å². The lowest BCUT2D eigenvalue weighted by atomic mass is 9.91. The fraction of sp³-hybridized carbons (Fsp3) is 0.435. The third-order valence-corrected chi connectivity index (χ3v) is 5.18. The van der Waals surface area contributed by atoms with Crippen molar-refractivity contribution in [1.82, 2.24) is 4.90 Å². The Labute approximate surface area is 162 Å². The molecule has 0 fully saturated rings. The van der Waals surface area contributed by atoms with Crippen molar-refractivity contribution in [2.75, 3.05) is 12.8 Å². The number of carbonyl (C=O) groups excluding carboxylic acids is 1. The van der Waals surface area contributed by atoms with E-state index in [1.807, 2.05) is 29.2 Å². The molecule has 0 saturated heterocycles. The van der Waals surface area contributed by atoms with E-state index in [1.54, 1.807) is 7.11 Å². The summed E-state index contributed by atoms with van der Waals surface area (Å²) in [6.45, 7) is 9.22. The van der Waals surface area contributed by atoms with E-state index in [-0.39, 0.29) is 17.9 Å². The summed E-state index contributed by atoms with van der Waals surface area (Å²) >= 11 is 0. The van der Waals surface area contributed by atoms with Crippen molar-refractivity contribution in [3.05, 3.63) is 58.7 Å². The summed E-state index contributed by atoms with van der Waals surface area (Å²) in [5.74, 6) is 1.71. The highest BCUT2D eigenvalue weighted by atomic mass is 16.5. The molecule has 4 nitrogen and oxygen atoms in total. The van der Waals surface area contributed by atoms with E-state index in [4.69, 9.17) is 10.5 Å². The van der Waals surface area contributed by atoms with Crippen LogP contribution in [0.3, 0.4) is 0 Å². The molecule has 0 spiro atoms. The van der Waals surface area contributed by atoms with Gasteiger partial charge in [-0.15, -0.1) is 0 Å². The standard InChI is InChI=1S/C23H30N2O2/c1-14(2)10-17-11-19-21(20(24)12-17)22(15(3)4)25(23(19)26)13-16-6-8-18(27-5)9-7-16/h6-9,11-12,14-15,22H,10,13,24H2,1-5H3. The molecule has 2 aromatic carbocycles. The lowest BCUT2D eigenvalue weighted by Crippen LogP contribution is -2.30. The third kappa shape index (κ3) is 3.80. The third-order valence-electron chi connectivity index (χ3n) is 5.18.